The van der Waals surface area contributed by atoms with E-state index in [2.05, 4.69) is 20.1 Å². The number of piperazine rings is 1. The van der Waals surface area contributed by atoms with Gasteiger partial charge in [-0.05, 0) is 41.8 Å². The minimum absolute atomic E-state index is 0.0387. The molecule has 0 unspecified atom stereocenters. The number of benzene rings is 1. The Morgan fingerprint density at radius 3 is 2.50 bits per heavy atom. The van der Waals surface area contributed by atoms with Crippen molar-refractivity contribution >= 4 is 34.1 Å². The molecule has 0 spiro atoms. The lowest BCUT2D eigenvalue weighted by Crippen LogP contribution is -2.49. The molecule has 1 fully saturated rings. The van der Waals surface area contributed by atoms with Gasteiger partial charge < -0.3 is 29.2 Å². The van der Waals surface area contributed by atoms with Gasteiger partial charge in [0.15, 0.2) is 17.4 Å². The third-order valence-corrected chi connectivity index (χ3v) is 9.22. The summed E-state index contributed by atoms with van der Waals surface area (Å²) in [4.78, 5) is 44.0. The first-order chi connectivity index (χ1) is 24.3. The highest BCUT2D eigenvalue weighted by Gasteiger charge is 2.29. The van der Waals surface area contributed by atoms with Crippen LogP contribution >= 0.6 is 0 Å². The number of aryl methyl sites for hydroxylation is 1. The number of H-pyrrole nitrogens is 1. The lowest BCUT2D eigenvalue weighted by Gasteiger charge is -2.35. The predicted octanol–water partition coefficient (Wildman–Crippen LogP) is 4.79. The molecule has 4 aromatic heterocycles. The average molecular weight is 683 g/mol. The van der Waals surface area contributed by atoms with E-state index in [0.29, 0.717) is 90.7 Å². The van der Waals surface area contributed by atoms with Crippen LogP contribution in [-0.4, -0.2) is 99.8 Å². The number of carbonyl (C=O) groups is 2. The third kappa shape index (κ3) is 6.35. The molecule has 2 aliphatic rings. The van der Waals surface area contributed by atoms with Crippen LogP contribution in [0.15, 0.2) is 67.4 Å². The Morgan fingerprint density at radius 1 is 0.920 bits per heavy atom. The molecule has 0 aliphatic carbocycles. The fourth-order valence-corrected chi connectivity index (χ4v) is 6.64. The zero-order valence-corrected chi connectivity index (χ0v) is 27.7. The van der Waals surface area contributed by atoms with E-state index in [1.807, 2.05) is 23.2 Å². The first kappa shape index (κ1) is 32.7. The second-order valence-electron chi connectivity index (χ2n) is 12.1. The van der Waals surface area contributed by atoms with Crippen molar-refractivity contribution in [1.29, 1.82) is 0 Å². The fraction of sp³-hybridized carbons (Fsp3) is 0.306. The van der Waals surface area contributed by atoms with Crippen LogP contribution in [0, 0.1) is 11.6 Å². The SMILES string of the molecule is COc1ccncc1-c1cc(C2=CCCN(C(=O)CCn3cccn3)C2)c(F)c2[nH]c(C(=O)N3CCN(c4ncc(F)cc4OC)CC3)cc12. The molecule has 6 heterocycles. The number of carbonyl (C=O) groups excluding carboxylic acids is 2. The summed E-state index contributed by atoms with van der Waals surface area (Å²) in [7, 11) is 3.01. The van der Waals surface area contributed by atoms with E-state index in [4.69, 9.17) is 9.47 Å². The van der Waals surface area contributed by atoms with Crippen molar-refractivity contribution in [2.24, 2.45) is 0 Å². The first-order valence-electron chi connectivity index (χ1n) is 16.4. The number of aromatic amines is 1. The van der Waals surface area contributed by atoms with Crippen molar-refractivity contribution in [3.63, 3.8) is 0 Å². The van der Waals surface area contributed by atoms with E-state index in [-0.39, 0.29) is 36.0 Å². The van der Waals surface area contributed by atoms with Crippen molar-refractivity contribution in [3.05, 3.63) is 90.3 Å². The molecule has 2 aliphatic heterocycles. The van der Waals surface area contributed by atoms with Crippen LogP contribution in [0.2, 0.25) is 0 Å². The van der Waals surface area contributed by atoms with Crippen LogP contribution in [0.3, 0.4) is 0 Å². The minimum atomic E-state index is -0.512. The molecule has 1 N–H and O–H groups in total. The largest absolute Gasteiger partial charge is 0.496 e. The quantitative estimate of drug-likeness (QED) is 0.236. The number of hydrogen-bond donors (Lipinski definition) is 1. The first-order valence-corrected chi connectivity index (χ1v) is 16.4. The Kier molecular flexibility index (Phi) is 9.15. The van der Waals surface area contributed by atoms with Gasteiger partial charge >= 0.3 is 0 Å². The number of anilines is 1. The molecule has 1 saturated heterocycles. The highest BCUT2D eigenvalue weighted by molar-refractivity contribution is 6.05. The number of hydrogen-bond acceptors (Lipinski definition) is 8. The maximum absolute atomic E-state index is 16.6. The maximum Gasteiger partial charge on any atom is 0.270 e. The number of pyridine rings is 2. The van der Waals surface area contributed by atoms with E-state index in [0.717, 1.165) is 6.20 Å². The molecule has 7 rings (SSSR count). The van der Waals surface area contributed by atoms with Gasteiger partial charge in [0.2, 0.25) is 5.91 Å². The predicted molar refractivity (Wildman–Crippen MR) is 183 cm³/mol. The number of nitrogens with zero attached hydrogens (tertiary/aromatic N) is 7. The Hall–Kier alpha value is -5.79. The summed E-state index contributed by atoms with van der Waals surface area (Å²) >= 11 is 0. The number of rotatable bonds is 9. The molecule has 50 heavy (non-hydrogen) atoms. The number of nitrogens with one attached hydrogen (secondary N) is 1. The Labute approximate surface area is 286 Å². The highest BCUT2D eigenvalue weighted by Crippen LogP contribution is 2.40. The monoisotopic (exact) mass is 682 g/mol. The van der Waals surface area contributed by atoms with Crippen molar-refractivity contribution in [2.45, 2.75) is 19.4 Å². The van der Waals surface area contributed by atoms with Gasteiger partial charge in [0.25, 0.3) is 5.91 Å². The molecule has 0 radical (unpaired) electrons. The lowest BCUT2D eigenvalue weighted by atomic mass is 9.93. The number of aromatic nitrogens is 5. The van der Waals surface area contributed by atoms with Crippen LogP contribution in [0.25, 0.3) is 27.6 Å². The van der Waals surface area contributed by atoms with Crippen molar-refractivity contribution in [3.8, 4) is 22.6 Å². The topological polar surface area (TPSA) is 122 Å². The molecule has 12 nitrogen and oxygen atoms in total. The summed E-state index contributed by atoms with van der Waals surface area (Å²) in [5, 5.41) is 4.68. The molecular weight excluding hydrogens is 646 g/mol. The average Bonchev–Trinajstić information content (AvgIpc) is 3.85. The zero-order valence-electron chi connectivity index (χ0n) is 27.7. The molecule has 5 aromatic rings. The van der Waals surface area contributed by atoms with Gasteiger partial charge in [-0.25, -0.2) is 13.8 Å². The van der Waals surface area contributed by atoms with Crippen LogP contribution < -0.4 is 14.4 Å². The van der Waals surface area contributed by atoms with Gasteiger partial charge in [0, 0.05) is 99.6 Å². The van der Waals surface area contributed by atoms with Gasteiger partial charge in [0.1, 0.15) is 17.3 Å². The molecule has 0 saturated carbocycles. The van der Waals surface area contributed by atoms with E-state index >= 15 is 4.39 Å². The molecule has 258 valence electrons. The summed E-state index contributed by atoms with van der Waals surface area (Å²) in [5.74, 6) is 0.0400. The number of amides is 2. The van der Waals surface area contributed by atoms with Crippen LogP contribution in [0.5, 0.6) is 11.5 Å². The van der Waals surface area contributed by atoms with Gasteiger partial charge in [0.05, 0.1) is 25.9 Å². The Morgan fingerprint density at radius 2 is 1.74 bits per heavy atom. The number of methoxy groups -OCH3 is 2. The molecule has 2 amide bonds. The normalized spacial score (nSPS) is 15.0. The molecule has 14 heteroatoms. The second kappa shape index (κ2) is 14.0. The summed E-state index contributed by atoms with van der Waals surface area (Å²) in [6.45, 7) is 2.86. The lowest BCUT2D eigenvalue weighted by molar-refractivity contribution is -0.131. The van der Waals surface area contributed by atoms with Crippen LogP contribution in [0.1, 0.15) is 28.9 Å². The van der Waals surface area contributed by atoms with E-state index in [1.54, 1.807) is 58.4 Å². The van der Waals surface area contributed by atoms with E-state index < -0.39 is 11.6 Å². The standard InChI is InChI=1S/C36H36F2N8O4/c1-49-30-6-9-39-21-28(30)26-18-25(23-5-3-10-45(22-23)32(47)7-12-46-11-4-8-41-46)33(38)34-27(26)19-29(42-34)36(48)44-15-13-43(14-16-44)35-31(50-2)17-24(37)20-40-35/h4-6,8-9,11,17-21,42H,3,7,10,12-16,22H2,1-2H3. The van der Waals surface area contributed by atoms with Crippen molar-refractivity contribution in [1.82, 2.24) is 34.5 Å². The summed E-state index contributed by atoms with van der Waals surface area (Å²) in [6.07, 6.45) is 10.7. The van der Waals surface area contributed by atoms with E-state index in [1.165, 1.54) is 13.2 Å². The van der Waals surface area contributed by atoms with Crippen LogP contribution in [0.4, 0.5) is 14.6 Å². The zero-order chi connectivity index (χ0) is 34.8. The summed E-state index contributed by atoms with van der Waals surface area (Å²) in [5.41, 5.74) is 2.69. The molecular formula is C36H36F2N8O4. The Balaban J connectivity index is 1.18. The number of fused-ring (bicyclic) bond motifs is 1. The van der Waals surface area contributed by atoms with Crippen molar-refractivity contribution in [2.75, 3.05) is 58.4 Å². The summed E-state index contributed by atoms with van der Waals surface area (Å²) in [6, 6.07) is 8.25. The maximum atomic E-state index is 16.6. The fourth-order valence-electron chi connectivity index (χ4n) is 6.64. The van der Waals surface area contributed by atoms with Crippen LogP contribution in [-0.2, 0) is 11.3 Å². The van der Waals surface area contributed by atoms with E-state index in [9.17, 15) is 14.0 Å². The van der Waals surface area contributed by atoms with Gasteiger partial charge in [-0.3, -0.25) is 19.3 Å². The molecule has 0 bridgehead atoms. The third-order valence-electron chi connectivity index (χ3n) is 9.22. The molecule has 0 atom stereocenters. The summed E-state index contributed by atoms with van der Waals surface area (Å²) < 4.78 is 43.1. The minimum Gasteiger partial charge on any atom is -0.496 e. The van der Waals surface area contributed by atoms with Gasteiger partial charge in [-0.1, -0.05) is 6.08 Å². The van der Waals surface area contributed by atoms with Crippen molar-refractivity contribution < 1.29 is 27.8 Å². The molecule has 1 aromatic carbocycles. The van der Waals surface area contributed by atoms with Gasteiger partial charge in [-0.15, -0.1) is 0 Å². The smallest absolute Gasteiger partial charge is 0.270 e. The second-order valence-corrected chi connectivity index (χ2v) is 12.1. The Bertz CT molecular complexity index is 2070. The number of halogens is 2. The number of ether oxygens (including phenoxy) is 2. The highest BCUT2D eigenvalue weighted by atomic mass is 19.1. The van der Waals surface area contributed by atoms with Gasteiger partial charge in [-0.2, -0.15) is 5.10 Å².